The predicted octanol–water partition coefficient (Wildman–Crippen LogP) is 3.87. The van der Waals surface area contributed by atoms with E-state index in [-0.39, 0.29) is 17.3 Å². The van der Waals surface area contributed by atoms with E-state index >= 15 is 0 Å². The summed E-state index contributed by atoms with van der Waals surface area (Å²) in [5.74, 6) is 0.433. The van der Waals surface area contributed by atoms with Gasteiger partial charge in [0.15, 0.2) is 5.82 Å². The monoisotopic (exact) mass is 372 g/mol. The average Bonchev–Trinajstić information content (AvgIpc) is 3.12. The minimum absolute atomic E-state index is 0.125. The summed E-state index contributed by atoms with van der Waals surface area (Å²) >= 11 is 1.26. The van der Waals surface area contributed by atoms with Gasteiger partial charge in [-0.25, -0.2) is 9.37 Å². The van der Waals surface area contributed by atoms with E-state index in [0.29, 0.717) is 28.7 Å². The van der Waals surface area contributed by atoms with Crippen LogP contribution in [0.2, 0.25) is 0 Å². The van der Waals surface area contributed by atoms with Crippen LogP contribution in [0, 0.1) is 12.7 Å². The van der Waals surface area contributed by atoms with Crippen LogP contribution in [0.25, 0.3) is 11.5 Å². The molecule has 1 N–H and O–H groups in total. The smallest absolute Gasteiger partial charge is 0.259 e. The van der Waals surface area contributed by atoms with Crippen LogP contribution in [0.4, 0.5) is 10.1 Å². The summed E-state index contributed by atoms with van der Waals surface area (Å²) in [5, 5.41) is 7.07. The second-order valence-corrected chi connectivity index (χ2v) is 6.57. The second-order valence-electron chi connectivity index (χ2n) is 5.57. The summed E-state index contributed by atoms with van der Waals surface area (Å²) in [6, 6.07) is 8.25. The lowest BCUT2D eigenvalue weighted by Gasteiger charge is -2.07. The molecule has 0 saturated carbocycles. The summed E-state index contributed by atoms with van der Waals surface area (Å²) < 4.78 is 18.9. The molecule has 3 aromatic rings. The fourth-order valence-corrected chi connectivity index (χ4v) is 2.80. The fraction of sp³-hybridized carbons (Fsp3) is 0.222. The van der Waals surface area contributed by atoms with Gasteiger partial charge in [0.25, 0.3) is 5.89 Å². The van der Waals surface area contributed by atoms with Crippen LogP contribution in [0.15, 0.2) is 46.1 Å². The van der Waals surface area contributed by atoms with Gasteiger partial charge in [-0.1, -0.05) is 29.9 Å². The number of aryl methyl sites for hydroxylation is 2. The Bertz CT molecular complexity index is 912. The number of hydrogen-bond donors (Lipinski definition) is 1. The molecule has 8 heteroatoms. The number of amides is 1. The van der Waals surface area contributed by atoms with Crippen LogP contribution in [0.1, 0.15) is 18.3 Å². The minimum atomic E-state index is -0.447. The van der Waals surface area contributed by atoms with Crippen molar-refractivity contribution in [2.75, 3.05) is 11.1 Å². The van der Waals surface area contributed by atoms with Crippen molar-refractivity contribution >= 4 is 23.4 Å². The van der Waals surface area contributed by atoms with Gasteiger partial charge in [0.1, 0.15) is 5.82 Å². The standard InChI is InChI=1S/C18H17FN4O2S/c1-3-15-22-18(25-23-15)12-5-7-17(20-9-12)26-10-16(24)21-14-6-4-11(2)8-13(14)19/h4-9H,3,10H2,1-2H3,(H,21,24). The molecule has 26 heavy (non-hydrogen) atoms. The number of benzene rings is 1. The maximum Gasteiger partial charge on any atom is 0.259 e. The molecule has 0 radical (unpaired) electrons. The average molecular weight is 372 g/mol. The van der Waals surface area contributed by atoms with E-state index in [1.165, 1.54) is 17.8 Å². The zero-order chi connectivity index (χ0) is 18.5. The van der Waals surface area contributed by atoms with Crippen LogP contribution >= 0.6 is 11.8 Å². The highest BCUT2D eigenvalue weighted by Gasteiger charge is 2.10. The first-order valence-electron chi connectivity index (χ1n) is 8.03. The second kappa shape index (κ2) is 8.09. The zero-order valence-electron chi connectivity index (χ0n) is 14.3. The molecule has 2 heterocycles. The number of halogens is 1. The van der Waals surface area contributed by atoms with Crippen LogP contribution in [0.3, 0.4) is 0 Å². The molecule has 1 amide bonds. The highest BCUT2D eigenvalue weighted by Crippen LogP contribution is 2.21. The van der Waals surface area contributed by atoms with E-state index in [2.05, 4.69) is 20.4 Å². The van der Waals surface area contributed by atoms with Crippen molar-refractivity contribution in [3.63, 3.8) is 0 Å². The van der Waals surface area contributed by atoms with E-state index < -0.39 is 5.82 Å². The lowest BCUT2D eigenvalue weighted by molar-refractivity contribution is -0.113. The topological polar surface area (TPSA) is 80.9 Å². The fourth-order valence-electron chi connectivity index (χ4n) is 2.15. The molecule has 1 aromatic carbocycles. The number of carbonyl (C=O) groups is 1. The number of hydrogen-bond acceptors (Lipinski definition) is 6. The Morgan fingerprint density at radius 3 is 2.81 bits per heavy atom. The van der Waals surface area contributed by atoms with Crippen molar-refractivity contribution < 1.29 is 13.7 Å². The quantitative estimate of drug-likeness (QED) is 0.662. The number of nitrogens with one attached hydrogen (secondary N) is 1. The summed E-state index contributed by atoms with van der Waals surface area (Å²) in [4.78, 5) is 20.5. The maximum absolute atomic E-state index is 13.8. The predicted molar refractivity (Wildman–Crippen MR) is 97.4 cm³/mol. The SMILES string of the molecule is CCc1noc(-c2ccc(SCC(=O)Nc3ccc(C)cc3F)nc2)n1. The van der Waals surface area contributed by atoms with E-state index in [1.54, 1.807) is 37.4 Å². The van der Waals surface area contributed by atoms with Crippen LogP contribution < -0.4 is 5.32 Å². The minimum Gasteiger partial charge on any atom is -0.334 e. The summed E-state index contributed by atoms with van der Waals surface area (Å²) in [7, 11) is 0. The first-order valence-corrected chi connectivity index (χ1v) is 9.01. The summed E-state index contributed by atoms with van der Waals surface area (Å²) in [6.07, 6.45) is 2.31. The molecule has 6 nitrogen and oxygen atoms in total. The number of rotatable bonds is 6. The molecule has 0 spiro atoms. The van der Waals surface area contributed by atoms with E-state index in [0.717, 1.165) is 5.56 Å². The molecular formula is C18H17FN4O2S. The normalized spacial score (nSPS) is 10.7. The van der Waals surface area contributed by atoms with Crippen LogP contribution in [-0.2, 0) is 11.2 Å². The summed E-state index contributed by atoms with van der Waals surface area (Å²) in [5.41, 5.74) is 1.69. The molecule has 0 saturated heterocycles. The van der Waals surface area contributed by atoms with Gasteiger partial charge in [-0.15, -0.1) is 0 Å². The molecule has 0 aliphatic carbocycles. The number of pyridine rings is 1. The Morgan fingerprint density at radius 2 is 2.15 bits per heavy atom. The van der Waals surface area contributed by atoms with Crippen molar-refractivity contribution in [3.05, 3.63) is 53.7 Å². The lowest BCUT2D eigenvalue weighted by Crippen LogP contribution is -2.15. The Balaban J connectivity index is 1.56. The van der Waals surface area contributed by atoms with Gasteiger partial charge in [-0.05, 0) is 36.8 Å². The largest absolute Gasteiger partial charge is 0.334 e. The van der Waals surface area contributed by atoms with Crippen molar-refractivity contribution in [2.45, 2.75) is 25.3 Å². The third kappa shape index (κ3) is 4.45. The highest BCUT2D eigenvalue weighted by atomic mass is 32.2. The third-order valence-electron chi connectivity index (χ3n) is 3.52. The van der Waals surface area contributed by atoms with Gasteiger partial charge in [0, 0.05) is 12.6 Å². The first kappa shape index (κ1) is 18.1. The molecule has 134 valence electrons. The Kier molecular flexibility index (Phi) is 5.62. The van der Waals surface area contributed by atoms with Gasteiger partial charge in [-0.3, -0.25) is 4.79 Å². The molecule has 0 fully saturated rings. The van der Waals surface area contributed by atoms with Gasteiger partial charge in [0.05, 0.1) is 22.0 Å². The van der Waals surface area contributed by atoms with Gasteiger partial charge in [-0.2, -0.15) is 4.98 Å². The van der Waals surface area contributed by atoms with E-state index in [1.807, 2.05) is 6.92 Å². The lowest BCUT2D eigenvalue weighted by atomic mass is 10.2. The van der Waals surface area contributed by atoms with Crippen LogP contribution in [-0.4, -0.2) is 26.8 Å². The molecule has 0 bridgehead atoms. The zero-order valence-corrected chi connectivity index (χ0v) is 15.1. The Labute approximate surface area is 154 Å². The Hall–Kier alpha value is -2.74. The number of anilines is 1. The van der Waals surface area contributed by atoms with Crippen molar-refractivity contribution in [3.8, 4) is 11.5 Å². The van der Waals surface area contributed by atoms with Gasteiger partial charge in [0.2, 0.25) is 5.91 Å². The number of nitrogens with zero attached hydrogens (tertiary/aromatic N) is 3. The molecule has 0 aliphatic rings. The number of aromatic nitrogens is 3. The Morgan fingerprint density at radius 1 is 1.31 bits per heavy atom. The maximum atomic E-state index is 13.8. The van der Waals surface area contributed by atoms with Gasteiger partial charge < -0.3 is 9.84 Å². The molecule has 0 unspecified atom stereocenters. The van der Waals surface area contributed by atoms with E-state index in [4.69, 9.17) is 4.52 Å². The number of thioether (sulfide) groups is 1. The van der Waals surface area contributed by atoms with Crippen molar-refractivity contribution in [1.82, 2.24) is 15.1 Å². The van der Waals surface area contributed by atoms with Gasteiger partial charge >= 0.3 is 0 Å². The molecule has 0 aliphatic heterocycles. The molecule has 3 rings (SSSR count). The number of carbonyl (C=O) groups excluding carboxylic acids is 1. The van der Waals surface area contributed by atoms with Crippen molar-refractivity contribution in [1.29, 1.82) is 0 Å². The highest BCUT2D eigenvalue weighted by molar-refractivity contribution is 7.99. The van der Waals surface area contributed by atoms with E-state index in [9.17, 15) is 9.18 Å². The molecule has 0 atom stereocenters. The van der Waals surface area contributed by atoms with Crippen LogP contribution in [0.5, 0.6) is 0 Å². The summed E-state index contributed by atoms with van der Waals surface area (Å²) in [6.45, 7) is 3.73. The first-order chi connectivity index (χ1) is 12.5. The molecule has 2 aromatic heterocycles. The molecular weight excluding hydrogens is 355 g/mol. The van der Waals surface area contributed by atoms with Crippen molar-refractivity contribution in [2.24, 2.45) is 0 Å². The third-order valence-corrected chi connectivity index (χ3v) is 4.46.